The molecular weight excluding hydrogens is 467 g/mol. The average Bonchev–Trinajstić information content (AvgIpc) is 3.51. The minimum Gasteiger partial charge on any atom is -0.369 e. The zero-order valence-electron chi connectivity index (χ0n) is 19.7. The molecule has 0 aromatic heterocycles. The molecule has 1 aliphatic carbocycles. The molecule has 3 fully saturated rings. The highest BCUT2D eigenvalue weighted by Crippen LogP contribution is 2.51. The van der Waals surface area contributed by atoms with Crippen molar-refractivity contribution in [1.82, 2.24) is 9.62 Å². The van der Waals surface area contributed by atoms with E-state index in [1.54, 1.807) is 0 Å². The minimum atomic E-state index is -1.47. The topological polar surface area (TPSA) is 92.5 Å². The van der Waals surface area contributed by atoms with Gasteiger partial charge in [-0.1, -0.05) is 0 Å². The number of nitrogens with one attached hydrogen (secondary N) is 1. The molecule has 6 nitrogen and oxygen atoms in total. The number of halogens is 3. The molecule has 2 bridgehead atoms. The zero-order valence-corrected chi connectivity index (χ0v) is 20.5. The Bertz CT molecular complexity index is 1010. The summed E-state index contributed by atoms with van der Waals surface area (Å²) < 4.78 is 57.3. The Hall–Kier alpha value is -1.94. The molecule has 2 unspecified atom stereocenters. The molecular formula is C24H32F3N3O3S. The van der Waals surface area contributed by atoms with Crippen molar-refractivity contribution >= 4 is 22.8 Å². The van der Waals surface area contributed by atoms with Gasteiger partial charge in [-0.15, -0.1) is 0 Å². The second kappa shape index (κ2) is 8.93. The molecule has 2 amide bonds. The first kappa shape index (κ1) is 25.2. The highest BCUT2D eigenvalue weighted by atomic mass is 32.2. The predicted octanol–water partition coefficient (Wildman–Crippen LogP) is 3.10. The molecule has 2 saturated heterocycles. The van der Waals surface area contributed by atoms with Crippen molar-refractivity contribution in [3.8, 4) is 0 Å². The van der Waals surface area contributed by atoms with Crippen molar-refractivity contribution in [2.24, 2.45) is 17.1 Å². The minimum absolute atomic E-state index is 0.0128. The Morgan fingerprint density at radius 3 is 2.18 bits per heavy atom. The van der Waals surface area contributed by atoms with Gasteiger partial charge in [0.2, 0.25) is 11.8 Å². The van der Waals surface area contributed by atoms with Crippen molar-refractivity contribution in [3.63, 3.8) is 0 Å². The smallest absolute Gasteiger partial charge is 0.238 e. The van der Waals surface area contributed by atoms with Gasteiger partial charge in [0, 0.05) is 24.2 Å². The number of hydrogen-bond donors (Lipinski definition) is 2. The SMILES string of the molecule is CC(C)(C)S(=O)N[C@H](Cc1cc(F)c(F)cc1F)C1C[C@H]2CC[C@@H](C1)N2C(=O)C1(C(N)=O)CC1. The molecule has 188 valence electrons. The maximum absolute atomic E-state index is 14.5. The van der Waals surface area contributed by atoms with Crippen molar-refractivity contribution in [2.75, 3.05) is 0 Å². The summed E-state index contributed by atoms with van der Waals surface area (Å²) in [4.78, 5) is 26.9. The molecule has 3 N–H and O–H groups in total. The van der Waals surface area contributed by atoms with E-state index >= 15 is 0 Å². The zero-order chi connectivity index (χ0) is 25.0. The van der Waals surface area contributed by atoms with E-state index in [2.05, 4.69) is 4.72 Å². The summed E-state index contributed by atoms with van der Waals surface area (Å²) in [6.45, 7) is 5.44. The van der Waals surface area contributed by atoms with Crippen molar-refractivity contribution < 1.29 is 27.0 Å². The quantitative estimate of drug-likeness (QED) is 0.446. The lowest BCUT2D eigenvalue weighted by atomic mass is 9.82. The third-order valence-electron chi connectivity index (χ3n) is 7.55. The number of nitrogens with zero attached hydrogens (tertiary/aromatic N) is 1. The van der Waals surface area contributed by atoms with Gasteiger partial charge in [0.05, 0.1) is 15.7 Å². The van der Waals surface area contributed by atoms with Crippen LogP contribution in [0.5, 0.6) is 0 Å². The van der Waals surface area contributed by atoms with Crippen LogP contribution in [0.25, 0.3) is 0 Å². The lowest BCUT2D eigenvalue weighted by Crippen LogP contribution is -2.55. The van der Waals surface area contributed by atoms with E-state index in [-0.39, 0.29) is 35.9 Å². The van der Waals surface area contributed by atoms with Crippen LogP contribution in [-0.2, 0) is 27.0 Å². The average molecular weight is 500 g/mol. The Morgan fingerprint density at radius 2 is 1.68 bits per heavy atom. The van der Waals surface area contributed by atoms with Gasteiger partial charge in [0.25, 0.3) is 0 Å². The van der Waals surface area contributed by atoms with Crippen LogP contribution in [0, 0.1) is 28.8 Å². The van der Waals surface area contributed by atoms with Gasteiger partial charge in [-0.2, -0.15) is 0 Å². The lowest BCUT2D eigenvalue weighted by Gasteiger charge is -2.43. The molecule has 34 heavy (non-hydrogen) atoms. The maximum Gasteiger partial charge on any atom is 0.238 e. The second-order valence-corrected chi connectivity index (χ2v) is 12.9. The summed E-state index contributed by atoms with van der Waals surface area (Å²) in [6, 6.07) is 0.749. The van der Waals surface area contributed by atoms with Gasteiger partial charge < -0.3 is 10.6 Å². The van der Waals surface area contributed by atoms with Crippen LogP contribution >= 0.6 is 0 Å². The van der Waals surface area contributed by atoms with E-state index in [4.69, 9.17) is 5.73 Å². The van der Waals surface area contributed by atoms with Crippen LogP contribution in [-0.4, -0.2) is 43.8 Å². The number of carbonyl (C=O) groups is 2. The highest BCUT2D eigenvalue weighted by molar-refractivity contribution is 7.84. The van der Waals surface area contributed by atoms with Crippen molar-refractivity contribution in [3.05, 3.63) is 35.1 Å². The van der Waals surface area contributed by atoms with Gasteiger partial charge in [-0.05, 0) is 83.3 Å². The second-order valence-electron chi connectivity index (χ2n) is 10.9. The number of nitrogens with two attached hydrogens (primary N) is 1. The normalized spacial score (nSPS) is 27.4. The van der Waals surface area contributed by atoms with Crippen LogP contribution in [0.4, 0.5) is 13.2 Å². The first-order valence-corrected chi connectivity index (χ1v) is 12.9. The Kier molecular flexibility index (Phi) is 6.61. The van der Waals surface area contributed by atoms with Crippen LogP contribution in [0.2, 0.25) is 0 Å². The maximum atomic E-state index is 14.5. The fourth-order valence-corrected chi connectivity index (χ4v) is 6.30. The summed E-state index contributed by atoms with van der Waals surface area (Å²) >= 11 is 0. The van der Waals surface area contributed by atoms with Gasteiger partial charge in [-0.25, -0.2) is 22.1 Å². The van der Waals surface area contributed by atoms with Crippen molar-refractivity contribution in [1.29, 1.82) is 0 Å². The van der Waals surface area contributed by atoms with E-state index in [0.717, 1.165) is 18.9 Å². The van der Waals surface area contributed by atoms with Gasteiger partial charge in [0.1, 0.15) is 11.2 Å². The molecule has 2 aliphatic heterocycles. The van der Waals surface area contributed by atoms with Gasteiger partial charge in [0.15, 0.2) is 11.6 Å². The Labute approximate surface area is 200 Å². The number of carbonyl (C=O) groups excluding carboxylic acids is 2. The predicted molar refractivity (Wildman–Crippen MR) is 122 cm³/mol. The molecule has 2 heterocycles. The number of primary amides is 1. The van der Waals surface area contributed by atoms with Gasteiger partial charge >= 0.3 is 0 Å². The van der Waals surface area contributed by atoms with E-state index in [0.29, 0.717) is 31.7 Å². The van der Waals surface area contributed by atoms with Crippen LogP contribution in [0.1, 0.15) is 64.9 Å². The van der Waals surface area contributed by atoms with E-state index in [9.17, 15) is 27.0 Å². The van der Waals surface area contributed by atoms with Crippen LogP contribution in [0.3, 0.4) is 0 Å². The standard InChI is InChI=1S/C24H32F3N3O3S/c1-23(2,3)34(33)29-20(11-13-10-18(26)19(27)12-17(13)25)14-8-15-4-5-16(9-14)30(15)22(32)24(6-7-24)21(28)31/h10,12,14-16,20,29H,4-9,11H2,1-3H3,(H2,28,31)/t14?,15-,16+,20-,34?/m1/s1. The first-order chi connectivity index (χ1) is 15.8. The highest BCUT2D eigenvalue weighted by Gasteiger charge is 2.60. The lowest BCUT2D eigenvalue weighted by molar-refractivity contribution is -0.147. The third-order valence-corrected chi connectivity index (χ3v) is 9.18. The summed E-state index contributed by atoms with van der Waals surface area (Å²) in [5, 5.41) is 0. The summed E-state index contributed by atoms with van der Waals surface area (Å²) in [5.74, 6) is -4.07. The van der Waals surface area contributed by atoms with Crippen LogP contribution in [0.15, 0.2) is 12.1 Å². The van der Waals surface area contributed by atoms with E-state index in [1.807, 2.05) is 25.7 Å². The molecule has 1 aromatic rings. The first-order valence-electron chi connectivity index (χ1n) is 11.8. The molecule has 0 radical (unpaired) electrons. The number of hydrogen-bond acceptors (Lipinski definition) is 3. The van der Waals surface area contributed by atoms with Crippen molar-refractivity contribution in [2.45, 2.75) is 88.6 Å². The third kappa shape index (κ3) is 4.63. The van der Waals surface area contributed by atoms with Crippen LogP contribution < -0.4 is 10.5 Å². The summed E-state index contributed by atoms with van der Waals surface area (Å²) in [6.07, 6.45) is 3.74. The van der Waals surface area contributed by atoms with E-state index < -0.39 is 50.5 Å². The number of fused-ring (bicyclic) bond motifs is 2. The fraction of sp³-hybridized carbons (Fsp3) is 0.667. The summed E-state index contributed by atoms with van der Waals surface area (Å²) in [7, 11) is -1.47. The molecule has 0 spiro atoms. The summed E-state index contributed by atoms with van der Waals surface area (Å²) in [5.41, 5.74) is 4.46. The largest absolute Gasteiger partial charge is 0.369 e. The number of benzene rings is 1. The van der Waals surface area contributed by atoms with E-state index in [1.165, 1.54) is 0 Å². The Balaban J connectivity index is 1.57. The monoisotopic (exact) mass is 499 g/mol. The molecule has 5 atom stereocenters. The molecule has 10 heteroatoms. The number of amides is 2. The number of piperidine rings is 1. The number of rotatable bonds is 7. The molecule has 1 aromatic carbocycles. The van der Waals surface area contributed by atoms with Gasteiger partial charge in [-0.3, -0.25) is 9.59 Å². The Morgan fingerprint density at radius 1 is 1.12 bits per heavy atom. The molecule has 4 rings (SSSR count). The molecule has 1 saturated carbocycles. The fourth-order valence-electron chi connectivity index (χ4n) is 5.39. The molecule has 3 aliphatic rings.